The van der Waals surface area contributed by atoms with E-state index in [1.807, 2.05) is 6.07 Å². The summed E-state index contributed by atoms with van der Waals surface area (Å²) in [5.74, 6) is -0.454. The third kappa shape index (κ3) is 3.05. The second kappa shape index (κ2) is 5.26. The van der Waals surface area contributed by atoms with Crippen molar-refractivity contribution in [1.29, 1.82) is 0 Å². The van der Waals surface area contributed by atoms with Crippen LogP contribution in [0.3, 0.4) is 0 Å². The Morgan fingerprint density at radius 1 is 1.12 bits per heavy atom. The van der Waals surface area contributed by atoms with Gasteiger partial charge in [0.25, 0.3) is 0 Å². The Morgan fingerprint density at radius 2 is 1.69 bits per heavy atom. The van der Waals surface area contributed by atoms with Crippen LogP contribution in [0.2, 0.25) is 0 Å². The molecule has 0 heterocycles. The molecule has 0 amide bonds. The highest BCUT2D eigenvalue weighted by Crippen LogP contribution is 2.09. The molecular weight excluding hydrogens is 202 g/mol. The Kier molecular flexibility index (Phi) is 4.00. The SMILES string of the molecule is CC(=O)C(=CN(C)C)C(=O)c1ccccc1. The van der Waals surface area contributed by atoms with Crippen molar-refractivity contribution in [2.45, 2.75) is 6.92 Å². The fourth-order valence-electron chi connectivity index (χ4n) is 1.31. The number of benzene rings is 1. The van der Waals surface area contributed by atoms with E-state index in [1.54, 1.807) is 49.5 Å². The van der Waals surface area contributed by atoms with Gasteiger partial charge in [-0.05, 0) is 6.92 Å². The van der Waals surface area contributed by atoms with Crippen molar-refractivity contribution < 1.29 is 9.59 Å². The summed E-state index contributed by atoms with van der Waals surface area (Å²) in [5, 5.41) is 0. The van der Waals surface area contributed by atoms with E-state index in [4.69, 9.17) is 0 Å². The molecule has 0 radical (unpaired) electrons. The van der Waals surface area contributed by atoms with Crippen LogP contribution in [0, 0.1) is 0 Å². The Labute approximate surface area is 95.4 Å². The molecule has 0 atom stereocenters. The van der Waals surface area contributed by atoms with Crippen molar-refractivity contribution >= 4 is 11.6 Å². The zero-order chi connectivity index (χ0) is 12.1. The lowest BCUT2D eigenvalue weighted by atomic mass is 10.0. The van der Waals surface area contributed by atoms with Crippen molar-refractivity contribution in [2.24, 2.45) is 0 Å². The molecule has 1 aromatic carbocycles. The number of nitrogens with zero attached hydrogens (tertiary/aromatic N) is 1. The molecule has 3 nitrogen and oxygen atoms in total. The highest BCUT2D eigenvalue weighted by molar-refractivity contribution is 6.25. The maximum Gasteiger partial charge on any atom is 0.198 e. The summed E-state index contributed by atoms with van der Waals surface area (Å²) in [6.07, 6.45) is 1.55. The monoisotopic (exact) mass is 217 g/mol. The van der Waals surface area contributed by atoms with E-state index in [2.05, 4.69) is 0 Å². The number of hydrogen-bond acceptors (Lipinski definition) is 3. The van der Waals surface area contributed by atoms with E-state index < -0.39 is 0 Å². The minimum absolute atomic E-state index is 0.205. The molecule has 0 spiro atoms. The Balaban J connectivity index is 3.07. The largest absolute Gasteiger partial charge is 0.383 e. The van der Waals surface area contributed by atoms with Gasteiger partial charge in [-0.25, -0.2) is 0 Å². The lowest BCUT2D eigenvalue weighted by molar-refractivity contribution is -0.113. The highest BCUT2D eigenvalue weighted by Gasteiger charge is 2.16. The average molecular weight is 217 g/mol. The van der Waals surface area contributed by atoms with Crippen LogP contribution in [-0.4, -0.2) is 30.6 Å². The number of Topliss-reactive ketones (excluding diaryl/α,β-unsaturated/α-hetero) is 2. The second-order valence-electron chi connectivity index (χ2n) is 3.76. The van der Waals surface area contributed by atoms with Gasteiger partial charge in [-0.2, -0.15) is 0 Å². The molecule has 0 saturated carbocycles. The van der Waals surface area contributed by atoms with Gasteiger partial charge < -0.3 is 4.90 Å². The second-order valence-corrected chi connectivity index (χ2v) is 3.76. The Hall–Kier alpha value is -1.90. The molecule has 0 N–H and O–H groups in total. The molecule has 0 aliphatic heterocycles. The molecule has 0 aliphatic carbocycles. The van der Waals surface area contributed by atoms with Crippen LogP contribution in [0.5, 0.6) is 0 Å². The number of rotatable bonds is 4. The molecule has 0 bridgehead atoms. The molecule has 0 aromatic heterocycles. The fraction of sp³-hybridized carbons (Fsp3) is 0.231. The van der Waals surface area contributed by atoms with Gasteiger partial charge >= 0.3 is 0 Å². The minimum Gasteiger partial charge on any atom is -0.383 e. The smallest absolute Gasteiger partial charge is 0.198 e. The van der Waals surface area contributed by atoms with E-state index in [0.717, 1.165) is 0 Å². The molecule has 0 fully saturated rings. The highest BCUT2D eigenvalue weighted by atomic mass is 16.1. The Morgan fingerprint density at radius 3 is 2.12 bits per heavy atom. The van der Waals surface area contributed by atoms with Gasteiger partial charge in [-0.15, -0.1) is 0 Å². The summed E-state index contributed by atoms with van der Waals surface area (Å²) in [4.78, 5) is 25.1. The summed E-state index contributed by atoms with van der Waals surface area (Å²) in [5.41, 5.74) is 0.738. The van der Waals surface area contributed by atoms with E-state index in [0.29, 0.717) is 5.56 Å². The predicted octanol–water partition coefficient (Wildman–Crippen LogP) is 1.90. The minimum atomic E-state index is -0.234. The van der Waals surface area contributed by atoms with E-state index in [1.165, 1.54) is 6.92 Å². The normalized spacial score (nSPS) is 11.1. The van der Waals surface area contributed by atoms with Gasteiger partial charge in [0.15, 0.2) is 11.6 Å². The number of carbonyl (C=O) groups is 2. The molecule has 1 rings (SSSR count). The first-order valence-electron chi connectivity index (χ1n) is 5.01. The van der Waals surface area contributed by atoms with Crippen LogP contribution in [-0.2, 0) is 4.79 Å². The third-order valence-electron chi connectivity index (χ3n) is 2.05. The molecule has 16 heavy (non-hydrogen) atoms. The molecule has 0 saturated heterocycles. The lowest BCUT2D eigenvalue weighted by Crippen LogP contribution is -2.15. The van der Waals surface area contributed by atoms with Crippen molar-refractivity contribution in [2.75, 3.05) is 14.1 Å². The molecule has 0 aliphatic rings. The fourth-order valence-corrected chi connectivity index (χ4v) is 1.31. The quantitative estimate of drug-likeness (QED) is 0.334. The van der Waals surface area contributed by atoms with Crippen molar-refractivity contribution in [3.63, 3.8) is 0 Å². The van der Waals surface area contributed by atoms with Crippen molar-refractivity contribution in [3.05, 3.63) is 47.7 Å². The average Bonchev–Trinajstić information content (AvgIpc) is 2.25. The van der Waals surface area contributed by atoms with Crippen LogP contribution < -0.4 is 0 Å². The summed E-state index contributed by atoms with van der Waals surface area (Å²) < 4.78 is 0. The first kappa shape index (κ1) is 12.2. The van der Waals surface area contributed by atoms with Gasteiger partial charge in [-0.3, -0.25) is 9.59 Å². The zero-order valence-corrected chi connectivity index (χ0v) is 9.73. The van der Waals surface area contributed by atoms with Gasteiger partial charge in [0.2, 0.25) is 0 Å². The molecular formula is C13H15NO2. The summed E-state index contributed by atoms with van der Waals surface area (Å²) in [6.45, 7) is 1.40. The Bertz CT molecular complexity index is 419. The van der Waals surface area contributed by atoms with Crippen LogP contribution >= 0.6 is 0 Å². The standard InChI is InChI=1S/C13H15NO2/c1-10(15)12(9-14(2)3)13(16)11-7-5-4-6-8-11/h4-9H,1-3H3. The zero-order valence-electron chi connectivity index (χ0n) is 9.73. The van der Waals surface area contributed by atoms with Crippen LogP contribution in [0.4, 0.5) is 0 Å². The number of carbonyl (C=O) groups excluding carboxylic acids is 2. The van der Waals surface area contributed by atoms with Crippen molar-refractivity contribution in [1.82, 2.24) is 4.90 Å². The first-order chi connectivity index (χ1) is 7.52. The summed E-state index contributed by atoms with van der Waals surface area (Å²) in [6, 6.07) is 8.80. The summed E-state index contributed by atoms with van der Waals surface area (Å²) >= 11 is 0. The molecule has 1 aromatic rings. The lowest BCUT2D eigenvalue weighted by Gasteiger charge is -2.08. The van der Waals surface area contributed by atoms with Gasteiger partial charge in [0.05, 0.1) is 5.57 Å². The van der Waals surface area contributed by atoms with Crippen LogP contribution in [0.25, 0.3) is 0 Å². The van der Waals surface area contributed by atoms with Gasteiger partial charge in [0.1, 0.15) is 0 Å². The number of hydrogen-bond donors (Lipinski definition) is 0. The molecule has 3 heteroatoms. The topological polar surface area (TPSA) is 37.4 Å². The number of ketones is 2. The van der Waals surface area contributed by atoms with Crippen LogP contribution in [0.1, 0.15) is 17.3 Å². The maximum absolute atomic E-state index is 12.0. The van der Waals surface area contributed by atoms with Crippen LogP contribution in [0.15, 0.2) is 42.1 Å². The van der Waals surface area contributed by atoms with Gasteiger partial charge in [-0.1, -0.05) is 30.3 Å². The summed E-state index contributed by atoms with van der Waals surface area (Å²) in [7, 11) is 3.56. The molecule has 0 unspecified atom stereocenters. The van der Waals surface area contributed by atoms with Gasteiger partial charge in [0, 0.05) is 25.9 Å². The van der Waals surface area contributed by atoms with E-state index in [9.17, 15) is 9.59 Å². The van der Waals surface area contributed by atoms with E-state index >= 15 is 0 Å². The third-order valence-corrected chi connectivity index (χ3v) is 2.05. The van der Waals surface area contributed by atoms with Crippen molar-refractivity contribution in [3.8, 4) is 0 Å². The first-order valence-corrected chi connectivity index (χ1v) is 5.01. The predicted molar refractivity (Wildman–Crippen MR) is 63.2 cm³/mol. The maximum atomic E-state index is 12.0. The van der Waals surface area contributed by atoms with E-state index in [-0.39, 0.29) is 17.1 Å². The number of allylic oxidation sites excluding steroid dienone is 1. The molecule has 84 valence electrons.